The van der Waals surface area contributed by atoms with Gasteiger partial charge in [0.15, 0.2) is 0 Å². The predicted molar refractivity (Wildman–Crippen MR) is 95.6 cm³/mol. The standard InChI is InChI=1S/C17H25N5O2S/c1-13-12-22(11-8-17(13)6-9-18-10-7-17)25(23,24)15-5-3-4-14-16(15)20-21(2)19-14/h3-5,13,18H,6-12H2,1-2H3. The lowest BCUT2D eigenvalue weighted by Crippen LogP contribution is -2.52. The fraction of sp³-hybridized carbons (Fsp3) is 0.647. The Morgan fingerprint density at radius 2 is 1.96 bits per heavy atom. The Morgan fingerprint density at radius 3 is 2.68 bits per heavy atom. The number of piperidine rings is 2. The van der Waals surface area contributed by atoms with Gasteiger partial charge in [0.1, 0.15) is 15.9 Å². The maximum Gasteiger partial charge on any atom is 0.245 e. The summed E-state index contributed by atoms with van der Waals surface area (Å²) >= 11 is 0. The zero-order valence-electron chi connectivity index (χ0n) is 14.8. The van der Waals surface area contributed by atoms with Gasteiger partial charge in [-0.2, -0.15) is 19.3 Å². The first-order valence-corrected chi connectivity index (χ1v) is 10.4. The summed E-state index contributed by atoms with van der Waals surface area (Å²) in [6.45, 7) is 5.45. The van der Waals surface area contributed by atoms with Gasteiger partial charge in [-0.15, -0.1) is 0 Å². The summed E-state index contributed by atoms with van der Waals surface area (Å²) in [7, 11) is -1.85. The monoisotopic (exact) mass is 363 g/mol. The normalized spacial score (nSPS) is 24.8. The highest BCUT2D eigenvalue weighted by Gasteiger charge is 2.44. The summed E-state index contributed by atoms with van der Waals surface area (Å²) in [5.41, 5.74) is 1.36. The molecule has 2 aromatic rings. The van der Waals surface area contributed by atoms with Crippen LogP contribution in [-0.2, 0) is 17.1 Å². The molecular formula is C17H25N5O2S. The molecule has 0 bridgehead atoms. The van der Waals surface area contributed by atoms with Crippen LogP contribution in [-0.4, -0.2) is 53.9 Å². The number of sulfonamides is 1. The number of fused-ring (bicyclic) bond motifs is 1. The van der Waals surface area contributed by atoms with Crippen LogP contribution in [0.1, 0.15) is 26.2 Å². The summed E-state index contributed by atoms with van der Waals surface area (Å²) in [6, 6.07) is 5.18. The summed E-state index contributed by atoms with van der Waals surface area (Å²) in [5.74, 6) is 0.360. The van der Waals surface area contributed by atoms with Crippen molar-refractivity contribution < 1.29 is 8.42 Å². The number of hydrogen-bond acceptors (Lipinski definition) is 5. The molecule has 136 valence electrons. The summed E-state index contributed by atoms with van der Waals surface area (Å²) in [6.07, 6.45) is 3.22. The maximum atomic E-state index is 13.3. The van der Waals surface area contributed by atoms with Gasteiger partial charge in [0.2, 0.25) is 10.0 Å². The number of nitrogens with zero attached hydrogens (tertiary/aromatic N) is 4. The molecule has 1 spiro atoms. The number of nitrogens with one attached hydrogen (secondary N) is 1. The molecule has 1 atom stereocenters. The van der Waals surface area contributed by atoms with Gasteiger partial charge in [0, 0.05) is 20.1 Å². The van der Waals surface area contributed by atoms with E-state index in [1.807, 2.05) is 0 Å². The largest absolute Gasteiger partial charge is 0.317 e. The Kier molecular flexibility index (Phi) is 4.09. The lowest BCUT2D eigenvalue weighted by Gasteiger charge is -2.48. The number of rotatable bonds is 2. The highest BCUT2D eigenvalue weighted by molar-refractivity contribution is 7.89. The molecule has 7 nitrogen and oxygen atoms in total. The Hall–Kier alpha value is -1.51. The third-order valence-electron chi connectivity index (χ3n) is 6.07. The second-order valence-electron chi connectivity index (χ2n) is 7.44. The molecule has 0 amide bonds. The van der Waals surface area contributed by atoms with Crippen molar-refractivity contribution in [2.24, 2.45) is 18.4 Å². The number of hydrogen-bond donors (Lipinski definition) is 1. The van der Waals surface area contributed by atoms with Crippen molar-refractivity contribution in [1.29, 1.82) is 0 Å². The van der Waals surface area contributed by atoms with Gasteiger partial charge in [0.05, 0.1) is 0 Å². The van der Waals surface area contributed by atoms with E-state index in [1.54, 1.807) is 29.6 Å². The molecular weight excluding hydrogens is 338 g/mol. The molecule has 8 heteroatoms. The fourth-order valence-electron chi connectivity index (χ4n) is 4.43. The zero-order chi connectivity index (χ0) is 17.7. The SMILES string of the molecule is CC1CN(S(=O)(=O)c2cccc3nn(C)nc23)CCC12CCNCC2. The fourth-order valence-corrected chi connectivity index (χ4v) is 6.10. The maximum absolute atomic E-state index is 13.3. The Labute approximate surface area is 148 Å². The van der Waals surface area contributed by atoms with Crippen LogP contribution in [0.25, 0.3) is 11.0 Å². The third kappa shape index (κ3) is 2.76. The van der Waals surface area contributed by atoms with Crippen LogP contribution in [0.4, 0.5) is 0 Å². The Balaban J connectivity index is 1.65. The van der Waals surface area contributed by atoms with Crippen LogP contribution in [0.5, 0.6) is 0 Å². The molecule has 2 fully saturated rings. The molecule has 2 saturated heterocycles. The quantitative estimate of drug-likeness (QED) is 0.872. The van der Waals surface area contributed by atoms with Crippen LogP contribution >= 0.6 is 0 Å². The van der Waals surface area contributed by atoms with Gasteiger partial charge in [-0.25, -0.2) is 8.42 Å². The van der Waals surface area contributed by atoms with Gasteiger partial charge in [0.25, 0.3) is 0 Å². The molecule has 4 rings (SSSR count). The van der Waals surface area contributed by atoms with Gasteiger partial charge >= 0.3 is 0 Å². The smallest absolute Gasteiger partial charge is 0.245 e. The molecule has 1 aromatic carbocycles. The van der Waals surface area contributed by atoms with E-state index < -0.39 is 10.0 Å². The second-order valence-corrected chi connectivity index (χ2v) is 9.35. The summed E-state index contributed by atoms with van der Waals surface area (Å²) < 4.78 is 28.2. The van der Waals surface area contributed by atoms with Crippen molar-refractivity contribution in [3.05, 3.63) is 18.2 Å². The molecule has 0 aliphatic carbocycles. The second kappa shape index (κ2) is 6.03. The van der Waals surface area contributed by atoms with Crippen molar-refractivity contribution in [2.75, 3.05) is 26.2 Å². The molecule has 2 aliphatic heterocycles. The van der Waals surface area contributed by atoms with E-state index in [2.05, 4.69) is 22.4 Å². The first kappa shape index (κ1) is 16.9. The zero-order valence-corrected chi connectivity index (χ0v) is 15.6. The first-order chi connectivity index (χ1) is 11.9. The van der Waals surface area contributed by atoms with Gasteiger partial charge in [-0.05, 0) is 55.8 Å². The Bertz CT molecular complexity index is 886. The first-order valence-electron chi connectivity index (χ1n) is 8.93. The lowest BCUT2D eigenvalue weighted by atomic mass is 9.66. The van der Waals surface area contributed by atoms with Crippen molar-refractivity contribution in [3.63, 3.8) is 0 Å². The summed E-state index contributed by atoms with van der Waals surface area (Å²) in [4.78, 5) is 1.69. The highest BCUT2D eigenvalue weighted by Crippen LogP contribution is 2.44. The van der Waals surface area contributed by atoms with Crippen molar-refractivity contribution >= 4 is 21.1 Å². The van der Waals surface area contributed by atoms with Gasteiger partial charge in [-0.1, -0.05) is 13.0 Å². The number of aryl methyl sites for hydroxylation is 1. The topological polar surface area (TPSA) is 80.1 Å². The minimum Gasteiger partial charge on any atom is -0.317 e. The van der Waals surface area contributed by atoms with Crippen LogP contribution in [0, 0.1) is 11.3 Å². The molecule has 2 aliphatic rings. The number of aromatic nitrogens is 3. The van der Waals surface area contributed by atoms with E-state index in [4.69, 9.17) is 0 Å². The van der Waals surface area contributed by atoms with Crippen LogP contribution in [0.15, 0.2) is 23.1 Å². The molecule has 1 unspecified atom stereocenters. The van der Waals surface area contributed by atoms with Crippen molar-refractivity contribution in [3.8, 4) is 0 Å². The van der Waals surface area contributed by atoms with Crippen LogP contribution in [0.3, 0.4) is 0 Å². The highest BCUT2D eigenvalue weighted by atomic mass is 32.2. The third-order valence-corrected chi connectivity index (χ3v) is 7.97. The van der Waals surface area contributed by atoms with E-state index >= 15 is 0 Å². The average molecular weight is 363 g/mol. The summed E-state index contributed by atoms with van der Waals surface area (Å²) in [5, 5.41) is 11.9. The number of benzene rings is 1. The van der Waals surface area contributed by atoms with Crippen molar-refractivity contribution in [2.45, 2.75) is 31.1 Å². The predicted octanol–water partition coefficient (Wildman–Crippen LogP) is 1.37. The van der Waals surface area contributed by atoms with E-state index in [1.165, 1.54) is 4.80 Å². The molecule has 3 heterocycles. The molecule has 1 N–H and O–H groups in total. The van der Waals surface area contributed by atoms with E-state index in [9.17, 15) is 8.42 Å². The van der Waals surface area contributed by atoms with E-state index in [0.29, 0.717) is 30.0 Å². The molecule has 25 heavy (non-hydrogen) atoms. The van der Waals surface area contributed by atoms with E-state index in [0.717, 1.165) is 32.4 Å². The Morgan fingerprint density at radius 1 is 1.20 bits per heavy atom. The minimum atomic E-state index is -3.56. The molecule has 1 aromatic heterocycles. The van der Waals surface area contributed by atoms with Crippen molar-refractivity contribution in [1.82, 2.24) is 24.6 Å². The minimum absolute atomic E-state index is 0.270. The van der Waals surface area contributed by atoms with Gasteiger partial charge in [-0.3, -0.25) is 0 Å². The lowest BCUT2D eigenvalue weighted by molar-refractivity contribution is 0.0477. The van der Waals surface area contributed by atoms with Crippen LogP contribution < -0.4 is 5.32 Å². The van der Waals surface area contributed by atoms with Gasteiger partial charge < -0.3 is 5.32 Å². The molecule has 0 radical (unpaired) electrons. The van der Waals surface area contributed by atoms with E-state index in [-0.39, 0.29) is 10.3 Å². The molecule has 0 saturated carbocycles. The average Bonchev–Trinajstić information content (AvgIpc) is 2.98. The van der Waals surface area contributed by atoms with Crippen LogP contribution in [0.2, 0.25) is 0 Å².